The van der Waals surface area contributed by atoms with E-state index >= 15 is 0 Å². The smallest absolute Gasteiger partial charge is 0.356 e. The van der Waals surface area contributed by atoms with Crippen LogP contribution in [0.15, 0.2) is 53.4 Å². The molecule has 2 aromatic rings. The average Bonchev–Trinajstić information content (AvgIpc) is 2.95. The summed E-state index contributed by atoms with van der Waals surface area (Å²) in [4.78, 5) is 11.2. The van der Waals surface area contributed by atoms with Crippen LogP contribution in [0.3, 0.4) is 0 Å². The first-order valence-corrected chi connectivity index (χ1v) is 7.46. The average molecular weight is 367 g/mol. The van der Waals surface area contributed by atoms with Gasteiger partial charge in [0.25, 0.3) is 0 Å². The number of allylic oxidation sites excluding steroid dienone is 6. The van der Waals surface area contributed by atoms with Gasteiger partial charge in [-0.15, -0.1) is 0 Å². The summed E-state index contributed by atoms with van der Waals surface area (Å²) < 4.78 is 42.4. The third-order valence-corrected chi connectivity index (χ3v) is 3.89. The van der Waals surface area contributed by atoms with Gasteiger partial charge in [0.15, 0.2) is 17.3 Å². The molecule has 1 N–H and O–H groups in total. The molecule has 128 valence electrons. The van der Waals surface area contributed by atoms with Gasteiger partial charge < -0.3 is 5.11 Å². The van der Waals surface area contributed by atoms with Crippen LogP contribution in [0.1, 0.15) is 16.9 Å². The van der Waals surface area contributed by atoms with E-state index < -0.39 is 23.4 Å². The van der Waals surface area contributed by atoms with Crippen LogP contribution in [0, 0.1) is 11.6 Å². The van der Waals surface area contributed by atoms with Crippen molar-refractivity contribution in [3.8, 4) is 11.3 Å². The maximum absolute atomic E-state index is 14.2. The summed E-state index contributed by atoms with van der Waals surface area (Å²) in [5.41, 5.74) is -0.240. The number of rotatable bonds is 3. The highest BCUT2D eigenvalue weighted by molar-refractivity contribution is 6.30. The molecule has 0 radical (unpaired) electrons. The summed E-state index contributed by atoms with van der Waals surface area (Å²) in [5, 5.41) is 13.0. The van der Waals surface area contributed by atoms with E-state index in [0.717, 1.165) is 22.9 Å². The van der Waals surface area contributed by atoms with Gasteiger partial charge in [0.2, 0.25) is 0 Å². The van der Waals surface area contributed by atoms with Crippen molar-refractivity contribution in [2.45, 2.75) is 6.42 Å². The molecule has 0 saturated heterocycles. The van der Waals surface area contributed by atoms with Crippen LogP contribution in [0.2, 0.25) is 0 Å². The van der Waals surface area contributed by atoms with Gasteiger partial charge in [0.1, 0.15) is 5.83 Å². The first kappa shape index (κ1) is 17.0. The van der Waals surface area contributed by atoms with E-state index in [-0.39, 0.29) is 34.1 Å². The first-order chi connectivity index (χ1) is 11.9. The van der Waals surface area contributed by atoms with Crippen LogP contribution >= 0.6 is 11.6 Å². The van der Waals surface area contributed by atoms with Crippen LogP contribution in [0.5, 0.6) is 0 Å². The van der Waals surface area contributed by atoms with E-state index in [4.69, 9.17) is 16.7 Å². The topological polar surface area (TPSA) is 55.1 Å². The minimum Gasteiger partial charge on any atom is -0.476 e. The van der Waals surface area contributed by atoms with Crippen LogP contribution < -0.4 is 0 Å². The fraction of sp³-hybridized carbons (Fsp3) is 0.0588. The number of aromatic nitrogens is 2. The lowest BCUT2D eigenvalue weighted by Crippen LogP contribution is -2.04. The summed E-state index contributed by atoms with van der Waals surface area (Å²) in [7, 11) is 0. The maximum atomic E-state index is 14.2. The lowest BCUT2D eigenvalue weighted by atomic mass is 10.1. The number of nitrogens with zero attached hydrogens (tertiary/aromatic N) is 2. The highest BCUT2D eigenvalue weighted by Gasteiger charge is 2.21. The zero-order valence-electron chi connectivity index (χ0n) is 12.5. The van der Waals surface area contributed by atoms with E-state index in [2.05, 4.69) is 5.10 Å². The summed E-state index contributed by atoms with van der Waals surface area (Å²) in [6.07, 6.45) is 3.97. The molecule has 0 saturated carbocycles. The monoisotopic (exact) mass is 366 g/mol. The first-order valence-electron chi connectivity index (χ1n) is 7.09. The van der Waals surface area contributed by atoms with Gasteiger partial charge in [-0.2, -0.15) is 5.10 Å². The van der Waals surface area contributed by atoms with Crippen LogP contribution in [-0.4, -0.2) is 20.9 Å². The largest absolute Gasteiger partial charge is 0.476 e. The van der Waals surface area contributed by atoms with Crippen LogP contribution in [0.25, 0.3) is 17.0 Å². The van der Waals surface area contributed by atoms with Crippen molar-refractivity contribution < 1.29 is 23.1 Å². The van der Waals surface area contributed by atoms with E-state index in [1.165, 1.54) is 24.3 Å². The van der Waals surface area contributed by atoms with Crippen molar-refractivity contribution in [1.29, 1.82) is 0 Å². The molecular formula is C17H10ClF3N2O2. The molecule has 1 aliphatic carbocycles. The molecule has 0 aliphatic heterocycles. The normalized spacial score (nSPS) is 14.5. The lowest BCUT2D eigenvalue weighted by Gasteiger charge is -2.09. The highest BCUT2D eigenvalue weighted by atomic mass is 35.5. The number of benzene rings is 1. The number of carboxylic acids is 1. The Labute approximate surface area is 145 Å². The molecule has 0 fully saturated rings. The third kappa shape index (κ3) is 3.23. The van der Waals surface area contributed by atoms with Gasteiger partial charge in [-0.05, 0) is 30.4 Å². The molecule has 1 aromatic heterocycles. The Balaban J connectivity index is 2.19. The zero-order valence-corrected chi connectivity index (χ0v) is 13.3. The Bertz CT molecular complexity index is 961. The van der Waals surface area contributed by atoms with E-state index in [9.17, 15) is 18.0 Å². The maximum Gasteiger partial charge on any atom is 0.356 e. The molecule has 8 heteroatoms. The lowest BCUT2D eigenvalue weighted by molar-refractivity contribution is 0.0690. The van der Waals surface area contributed by atoms with Crippen molar-refractivity contribution >= 4 is 23.3 Å². The Morgan fingerprint density at radius 1 is 1.24 bits per heavy atom. The van der Waals surface area contributed by atoms with Crippen molar-refractivity contribution in [2.24, 2.45) is 0 Å². The predicted octanol–water partition coefficient (Wildman–Crippen LogP) is 4.75. The highest BCUT2D eigenvalue weighted by Crippen LogP contribution is 2.30. The molecule has 0 atom stereocenters. The second-order valence-corrected chi connectivity index (χ2v) is 5.61. The van der Waals surface area contributed by atoms with E-state index in [1.807, 2.05) is 0 Å². The zero-order chi connectivity index (χ0) is 18.1. The minimum atomic E-state index is -1.34. The molecule has 0 spiro atoms. The molecule has 25 heavy (non-hydrogen) atoms. The van der Waals surface area contributed by atoms with Crippen molar-refractivity contribution in [3.05, 3.63) is 70.7 Å². The van der Waals surface area contributed by atoms with Gasteiger partial charge in [-0.1, -0.05) is 23.7 Å². The van der Waals surface area contributed by atoms with Crippen molar-refractivity contribution in [3.63, 3.8) is 0 Å². The SMILES string of the molecule is O=C(O)c1cc(-c2cccc(F)c2F)n(C2=CCC(Cl)=C(F)C=C2)n1. The molecular weight excluding hydrogens is 357 g/mol. The third-order valence-electron chi connectivity index (χ3n) is 3.55. The quantitative estimate of drug-likeness (QED) is 0.853. The number of halogens is 4. The second kappa shape index (κ2) is 6.60. The summed E-state index contributed by atoms with van der Waals surface area (Å²) in [6, 6.07) is 4.65. The van der Waals surface area contributed by atoms with Gasteiger partial charge in [0, 0.05) is 12.0 Å². The number of aromatic carboxylic acids is 1. The van der Waals surface area contributed by atoms with Gasteiger partial charge in [0.05, 0.1) is 16.4 Å². The molecule has 0 amide bonds. The molecule has 1 heterocycles. The standard InChI is InChI=1S/C17H10ClF3N2O2/c18-11-6-4-9(5-7-12(11)19)23-15(8-14(22-23)17(24)25)10-2-1-3-13(20)16(10)21/h1-5,7-8H,6H2,(H,24,25). The van der Waals surface area contributed by atoms with Gasteiger partial charge >= 0.3 is 5.97 Å². The molecule has 3 rings (SSSR count). The van der Waals surface area contributed by atoms with Crippen LogP contribution in [-0.2, 0) is 0 Å². The summed E-state index contributed by atoms with van der Waals surface area (Å²) in [6.45, 7) is 0. The predicted molar refractivity (Wildman–Crippen MR) is 86.6 cm³/mol. The van der Waals surface area contributed by atoms with Crippen molar-refractivity contribution in [1.82, 2.24) is 9.78 Å². The summed E-state index contributed by atoms with van der Waals surface area (Å²) >= 11 is 5.76. The second-order valence-electron chi connectivity index (χ2n) is 5.15. The van der Waals surface area contributed by atoms with Gasteiger partial charge in [-0.25, -0.2) is 22.6 Å². The Hall–Kier alpha value is -2.80. The molecule has 1 aromatic carbocycles. The van der Waals surface area contributed by atoms with E-state index in [0.29, 0.717) is 0 Å². The number of carbonyl (C=O) groups is 1. The summed E-state index contributed by atoms with van der Waals surface area (Å²) in [5.74, 6) is -4.20. The Kier molecular flexibility index (Phi) is 4.50. The van der Waals surface area contributed by atoms with Gasteiger partial charge in [-0.3, -0.25) is 0 Å². The van der Waals surface area contributed by atoms with Crippen LogP contribution in [0.4, 0.5) is 13.2 Å². The Morgan fingerprint density at radius 2 is 2.00 bits per heavy atom. The Morgan fingerprint density at radius 3 is 2.72 bits per heavy atom. The molecule has 0 bridgehead atoms. The molecule has 4 nitrogen and oxygen atoms in total. The number of hydrogen-bond acceptors (Lipinski definition) is 2. The van der Waals surface area contributed by atoms with E-state index in [1.54, 1.807) is 0 Å². The fourth-order valence-corrected chi connectivity index (χ4v) is 2.48. The molecule has 1 aliphatic rings. The van der Waals surface area contributed by atoms with Crippen molar-refractivity contribution in [2.75, 3.05) is 0 Å². The molecule has 0 unspecified atom stereocenters. The number of carboxylic acid groups (broad SMARTS) is 1. The minimum absolute atomic E-state index is 0.0173. The fourth-order valence-electron chi connectivity index (χ4n) is 2.34. The number of hydrogen-bond donors (Lipinski definition) is 1.